The van der Waals surface area contributed by atoms with E-state index in [1.54, 1.807) is 6.07 Å². The summed E-state index contributed by atoms with van der Waals surface area (Å²) in [5, 5.41) is 0. The van der Waals surface area contributed by atoms with Crippen molar-refractivity contribution in [3.8, 4) is 0 Å². The van der Waals surface area contributed by atoms with Gasteiger partial charge in [0.25, 0.3) is 0 Å². The highest BCUT2D eigenvalue weighted by molar-refractivity contribution is 7.91. The van der Waals surface area contributed by atoms with Gasteiger partial charge >= 0.3 is 0 Å². The summed E-state index contributed by atoms with van der Waals surface area (Å²) in [6.07, 6.45) is 2.10. The minimum Gasteiger partial charge on any atom is -0.329 e. The standard InChI is InChI=1S/C9H13ClN2O2S2/c10-8-3-4-9(15-8)16(13,14)12-7(5-11)6-1-2-6/h3-4,6-7,12H,1-2,5,11H2. The summed E-state index contributed by atoms with van der Waals surface area (Å²) in [5.74, 6) is 0.398. The Hall–Kier alpha value is -0.140. The van der Waals surface area contributed by atoms with Gasteiger partial charge < -0.3 is 5.73 Å². The Labute approximate surface area is 104 Å². The molecule has 1 fully saturated rings. The molecule has 0 spiro atoms. The largest absolute Gasteiger partial charge is 0.329 e. The number of hydrogen-bond acceptors (Lipinski definition) is 4. The lowest BCUT2D eigenvalue weighted by Crippen LogP contribution is -2.41. The van der Waals surface area contributed by atoms with Gasteiger partial charge in [0.1, 0.15) is 4.21 Å². The Morgan fingerprint density at radius 2 is 2.25 bits per heavy atom. The van der Waals surface area contributed by atoms with Gasteiger partial charge in [-0.05, 0) is 30.9 Å². The van der Waals surface area contributed by atoms with Crippen LogP contribution in [0.3, 0.4) is 0 Å². The van der Waals surface area contributed by atoms with Crippen LogP contribution in [0.4, 0.5) is 0 Å². The van der Waals surface area contributed by atoms with E-state index in [1.165, 1.54) is 6.07 Å². The first-order chi connectivity index (χ1) is 7.53. The maximum absolute atomic E-state index is 11.9. The summed E-state index contributed by atoms with van der Waals surface area (Å²) in [4.78, 5) is 0. The molecule has 1 atom stereocenters. The molecule has 0 saturated heterocycles. The molecule has 3 N–H and O–H groups in total. The van der Waals surface area contributed by atoms with Gasteiger partial charge in [0, 0.05) is 12.6 Å². The van der Waals surface area contributed by atoms with Crippen LogP contribution in [0.5, 0.6) is 0 Å². The highest BCUT2D eigenvalue weighted by atomic mass is 35.5. The molecule has 0 aromatic carbocycles. The zero-order valence-electron chi connectivity index (χ0n) is 8.52. The Balaban J connectivity index is 2.12. The molecule has 1 saturated carbocycles. The number of halogens is 1. The highest BCUT2D eigenvalue weighted by Crippen LogP contribution is 2.33. The lowest BCUT2D eigenvalue weighted by atomic mass is 10.2. The van der Waals surface area contributed by atoms with E-state index in [-0.39, 0.29) is 10.3 Å². The van der Waals surface area contributed by atoms with Gasteiger partial charge in [-0.2, -0.15) is 0 Å². The van der Waals surface area contributed by atoms with Crippen LogP contribution in [0, 0.1) is 5.92 Å². The molecule has 0 aliphatic heterocycles. The van der Waals surface area contributed by atoms with E-state index < -0.39 is 10.0 Å². The number of rotatable bonds is 5. The van der Waals surface area contributed by atoms with E-state index in [9.17, 15) is 8.42 Å². The monoisotopic (exact) mass is 280 g/mol. The minimum atomic E-state index is -3.45. The van der Waals surface area contributed by atoms with Gasteiger partial charge in [0.15, 0.2) is 0 Å². The van der Waals surface area contributed by atoms with Crippen molar-refractivity contribution in [2.24, 2.45) is 11.7 Å². The lowest BCUT2D eigenvalue weighted by Gasteiger charge is -2.15. The number of hydrogen-bond donors (Lipinski definition) is 2. The van der Waals surface area contributed by atoms with Crippen molar-refractivity contribution in [3.05, 3.63) is 16.5 Å². The molecule has 16 heavy (non-hydrogen) atoms. The normalized spacial score (nSPS) is 18.6. The van der Waals surface area contributed by atoms with Crippen LogP contribution >= 0.6 is 22.9 Å². The van der Waals surface area contributed by atoms with Crippen molar-refractivity contribution in [1.82, 2.24) is 4.72 Å². The van der Waals surface area contributed by atoms with Crippen LogP contribution in [-0.2, 0) is 10.0 Å². The second kappa shape index (κ2) is 4.62. The lowest BCUT2D eigenvalue weighted by molar-refractivity contribution is 0.520. The quantitative estimate of drug-likeness (QED) is 0.857. The van der Waals surface area contributed by atoms with Crippen molar-refractivity contribution in [2.75, 3.05) is 6.54 Å². The molecule has 1 aliphatic rings. The Bertz CT molecular complexity index is 468. The van der Waals surface area contributed by atoms with Crippen LogP contribution in [0.15, 0.2) is 16.3 Å². The number of thiophene rings is 1. The van der Waals surface area contributed by atoms with Crippen molar-refractivity contribution >= 4 is 33.0 Å². The van der Waals surface area contributed by atoms with Gasteiger partial charge in [-0.25, -0.2) is 13.1 Å². The minimum absolute atomic E-state index is 0.147. The molecule has 1 aliphatic carbocycles. The Morgan fingerprint density at radius 1 is 1.56 bits per heavy atom. The van der Waals surface area contributed by atoms with Crippen molar-refractivity contribution in [2.45, 2.75) is 23.1 Å². The van der Waals surface area contributed by atoms with Crippen LogP contribution < -0.4 is 10.5 Å². The van der Waals surface area contributed by atoms with Crippen molar-refractivity contribution < 1.29 is 8.42 Å². The predicted octanol–water partition coefficient (Wildman–Crippen LogP) is 1.42. The third-order valence-corrected chi connectivity index (χ3v) is 5.78. The van der Waals surface area contributed by atoms with Gasteiger partial charge in [-0.3, -0.25) is 0 Å². The third kappa shape index (κ3) is 2.75. The SMILES string of the molecule is NCC(NS(=O)(=O)c1ccc(Cl)s1)C1CC1. The van der Waals surface area contributed by atoms with Crippen molar-refractivity contribution in [1.29, 1.82) is 0 Å². The van der Waals surface area contributed by atoms with E-state index in [0.29, 0.717) is 16.8 Å². The molecule has 0 radical (unpaired) electrons. The molecule has 7 heteroatoms. The second-order valence-corrected chi connectivity index (χ2v) is 7.52. The van der Waals surface area contributed by atoms with E-state index in [4.69, 9.17) is 17.3 Å². The molecular weight excluding hydrogens is 268 g/mol. The Morgan fingerprint density at radius 3 is 2.69 bits per heavy atom. The van der Waals surface area contributed by atoms with E-state index >= 15 is 0 Å². The van der Waals surface area contributed by atoms with Crippen LogP contribution in [0.2, 0.25) is 4.34 Å². The fraction of sp³-hybridized carbons (Fsp3) is 0.556. The van der Waals surface area contributed by atoms with Gasteiger partial charge in [0.05, 0.1) is 4.34 Å². The molecule has 1 heterocycles. The zero-order valence-corrected chi connectivity index (χ0v) is 10.9. The fourth-order valence-electron chi connectivity index (χ4n) is 1.53. The molecular formula is C9H13ClN2O2S2. The average Bonchev–Trinajstić information content (AvgIpc) is 2.97. The first-order valence-electron chi connectivity index (χ1n) is 5.00. The van der Waals surface area contributed by atoms with E-state index in [2.05, 4.69) is 4.72 Å². The third-order valence-electron chi connectivity index (χ3n) is 2.56. The summed E-state index contributed by atoms with van der Waals surface area (Å²) in [5.41, 5.74) is 5.55. The number of sulfonamides is 1. The second-order valence-electron chi connectivity index (χ2n) is 3.86. The topological polar surface area (TPSA) is 72.2 Å². The molecule has 0 amide bonds. The summed E-state index contributed by atoms with van der Waals surface area (Å²) in [6.45, 7) is 0.336. The highest BCUT2D eigenvalue weighted by Gasteiger charge is 2.33. The predicted molar refractivity (Wildman–Crippen MR) is 65.2 cm³/mol. The fourth-order valence-corrected chi connectivity index (χ4v) is 4.35. The molecule has 2 rings (SSSR count). The van der Waals surface area contributed by atoms with Gasteiger partial charge in [-0.1, -0.05) is 11.6 Å². The molecule has 90 valence electrons. The summed E-state index contributed by atoms with van der Waals surface area (Å²) >= 11 is 6.77. The average molecular weight is 281 g/mol. The van der Waals surface area contributed by atoms with Crippen LogP contribution in [0.25, 0.3) is 0 Å². The van der Waals surface area contributed by atoms with E-state index in [0.717, 1.165) is 24.2 Å². The van der Waals surface area contributed by atoms with E-state index in [1.807, 2.05) is 0 Å². The zero-order chi connectivity index (χ0) is 11.8. The number of nitrogens with two attached hydrogens (primary N) is 1. The molecule has 0 bridgehead atoms. The van der Waals surface area contributed by atoms with Gasteiger partial charge in [0.2, 0.25) is 10.0 Å². The summed E-state index contributed by atoms with van der Waals surface area (Å²) in [7, 11) is -3.45. The van der Waals surface area contributed by atoms with Crippen LogP contribution in [-0.4, -0.2) is 21.0 Å². The molecule has 4 nitrogen and oxygen atoms in total. The molecule has 1 aromatic heterocycles. The maximum atomic E-state index is 11.9. The van der Waals surface area contributed by atoms with Crippen LogP contribution in [0.1, 0.15) is 12.8 Å². The molecule has 1 aromatic rings. The number of nitrogens with one attached hydrogen (secondary N) is 1. The summed E-state index contributed by atoms with van der Waals surface area (Å²) < 4.78 is 27.2. The maximum Gasteiger partial charge on any atom is 0.250 e. The van der Waals surface area contributed by atoms with Crippen molar-refractivity contribution in [3.63, 3.8) is 0 Å². The summed E-state index contributed by atoms with van der Waals surface area (Å²) in [6, 6.07) is 2.94. The molecule has 1 unspecified atom stereocenters. The first-order valence-corrected chi connectivity index (χ1v) is 7.68. The first kappa shape index (κ1) is 12.3. The Kier molecular flexibility index (Phi) is 3.56. The smallest absolute Gasteiger partial charge is 0.250 e. The van der Waals surface area contributed by atoms with Gasteiger partial charge in [-0.15, -0.1) is 11.3 Å².